The summed E-state index contributed by atoms with van der Waals surface area (Å²) >= 11 is 0. The zero-order valence-electron chi connectivity index (χ0n) is 14.8. The quantitative estimate of drug-likeness (QED) is 0.735. The molecule has 1 heterocycles. The Kier molecular flexibility index (Phi) is 6.14. The minimum atomic E-state index is -1.01. The maximum absolute atomic E-state index is 12.1. The Morgan fingerprint density at radius 1 is 1.00 bits per heavy atom. The molecule has 1 aliphatic rings. The summed E-state index contributed by atoms with van der Waals surface area (Å²) in [6.45, 7) is 1.20. The predicted molar refractivity (Wildman–Crippen MR) is 97.4 cm³/mol. The molecule has 0 fully saturated rings. The lowest BCUT2D eigenvalue weighted by Crippen LogP contribution is -2.27. The topological polar surface area (TPSA) is 94.1 Å². The fourth-order valence-electron chi connectivity index (χ4n) is 2.69. The molecule has 7 heteroatoms. The van der Waals surface area contributed by atoms with Gasteiger partial charge in [0.05, 0.1) is 6.42 Å². The summed E-state index contributed by atoms with van der Waals surface area (Å²) in [5.74, 6) is 0.814. The number of fused-ring (bicyclic) bond motifs is 1. The van der Waals surface area contributed by atoms with Gasteiger partial charge < -0.3 is 24.6 Å². The second-order valence-electron chi connectivity index (χ2n) is 6.08. The van der Waals surface area contributed by atoms with Crippen molar-refractivity contribution >= 4 is 11.9 Å². The molecule has 2 aromatic rings. The minimum Gasteiger partial charge on any atom is -0.486 e. The van der Waals surface area contributed by atoms with Gasteiger partial charge in [-0.3, -0.25) is 4.79 Å². The van der Waals surface area contributed by atoms with Gasteiger partial charge in [0, 0.05) is 6.54 Å². The largest absolute Gasteiger partial charge is 0.486 e. The van der Waals surface area contributed by atoms with E-state index in [1.165, 1.54) is 0 Å². The zero-order valence-corrected chi connectivity index (χ0v) is 14.8. The molecule has 27 heavy (non-hydrogen) atoms. The molecule has 0 aliphatic carbocycles. The molecular weight excluding hydrogens is 350 g/mol. The van der Waals surface area contributed by atoms with Crippen LogP contribution in [-0.2, 0) is 22.4 Å². The predicted octanol–water partition coefficient (Wildman–Crippen LogP) is 1.82. The summed E-state index contributed by atoms with van der Waals surface area (Å²) in [7, 11) is 0. The van der Waals surface area contributed by atoms with Crippen molar-refractivity contribution in [2.24, 2.45) is 0 Å². The van der Waals surface area contributed by atoms with E-state index in [9.17, 15) is 9.59 Å². The Hall–Kier alpha value is -3.22. The van der Waals surface area contributed by atoms with Crippen molar-refractivity contribution in [1.29, 1.82) is 0 Å². The lowest BCUT2D eigenvalue weighted by Gasteiger charge is -2.18. The summed E-state index contributed by atoms with van der Waals surface area (Å²) in [6.07, 6.45) is 0.949. The lowest BCUT2D eigenvalue weighted by molar-refractivity contribution is -0.139. The molecule has 0 spiro atoms. The maximum Gasteiger partial charge on any atom is 0.341 e. The number of carboxylic acid groups (broad SMARTS) is 1. The highest BCUT2D eigenvalue weighted by Gasteiger charge is 2.13. The van der Waals surface area contributed by atoms with Gasteiger partial charge in [-0.25, -0.2) is 4.79 Å². The van der Waals surface area contributed by atoms with Crippen LogP contribution < -0.4 is 19.5 Å². The molecule has 0 radical (unpaired) electrons. The molecule has 142 valence electrons. The second kappa shape index (κ2) is 8.93. The van der Waals surface area contributed by atoms with Gasteiger partial charge in [0.25, 0.3) is 0 Å². The van der Waals surface area contributed by atoms with Crippen molar-refractivity contribution in [1.82, 2.24) is 5.32 Å². The van der Waals surface area contributed by atoms with Gasteiger partial charge in [0.1, 0.15) is 19.0 Å². The van der Waals surface area contributed by atoms with Crippen LogP contribution in [0, 0.1) is 0 Å². The summed E-state index contributed by atoms with van der Waals surface area (Å²) in [5, 5.41) is 11.5. The van der Waals surface area contributed by atoms with Crippen LogP contribution in [0.1, 0.15) is 11.1 Å². The first-order valence-corrected chi connectivity index (χ1v) is 8.69. The number of aliphatic carboxylic acids is 1. The highest BCUT2D eigenvalue weighted by atomic mass is 16.6. The summed E-state index contributed by atoms with van der Waals surface area (Å²) in [6, 6.07) is 12.7. The molecular formula is C20H21NO6. The normalized spacial score (nSPS) is 12.3. The molecule has 7 nitrogen and oxygen atoms in total. The first-order chi connectivity index (χ1) is 13.1. The third-order valence-corrected chi connectivity index (χ3v) is 3.99. The van der Waals surface area contributed by atoms with E-state index in [2.05, 4.69) is 5.32 Å². The lowest BCUT2D eigenvalue weighted by atomic mass is 10.1. The van der Waals surface area contributed by atoms with Crippen LogP contribution in [0.2, 0.25) is 0 Å². The minimum absolute atomic E-state index is 0.0620. The molecule has 1 aliphatic heterocycles. The number of carboxylic acids is 1. The summed E-state index contributed by atoms with van der Waals surface area (Å²) in [4.78, 5) is 22.6. The van der Waals surface area contributed by atoms with Crippen LogP contribution in [0.3, 0.4) is 0 Å². The highest BCUT2D eigenvalue weighted by molar-refractivity contribution is 5.78. The van der Waals surface area contributed by atoms with Crippen molar-refractivity contribution in [2.45, 2.75) is 12.8 Å². The maximum atomic E-state index is 12.1. The van der Waals surface area contributed by atoms with Crippen molar-refractivity contribution in [3.8, 4) is 17.2 Å². The fourth-order valence-corrected chi connectivity index (χ4v) is 2.69. The standard InChI is InChI=1S/C20H21NO6/c22-19(12-15-3-6-17-18(11-15)26-10-9-25-17)21-8-7-14-1-4-16(5-2-14)27-13-20(23)24/h1-6,11H,7-10,12-13H2,(H,21,22)(H,23,24). The monoisotopic (exact) mass is 371 g/mol. The van der Waals surface area contributed by atoms with Gasteiger partial charge in [-0.15, -0.1) is 0 Å². The van der Waals surface area contributed by atoms with Gasteiger partial charge in [-0.05, 0) is 41.8 Å². The van der Waals surface area contributed by atoms with Crippen molar-refractivity contribution in [3.63, 3.8) is 0 Å². The first kappa shape index (κ1) is 18.6. The number of rotatable bonds is 8. The van der Waals surface area contributed by atoms with Crippen LogP contribution in [0.5, 0.6) is 17.2 Å². The van der Waals surface area contributed by atoms with Crippen LogP contribution in [0.15, 0.2) is 42.5 Å². The molecule has 2 aromatic carbocycles. The van der Waals surface area contributed by atoms with Crippen molar-refractivity contribution < 1.29 is 28.9 Å². The Morgan fingerprint density at radius 3 is 2.44 bits per heavy atom. The van der Waals surface area contributed by atoms with Crippen molar-refractivity contribution in [3.05, 3.63) is 53.6 Å². The third-order valence-electron chi connectivity index (χ3n) is 3.99. The Balaban J connectivity index is 1.42. The van der Waals surface area contributed by atoms with Crippen molar-refractivity contribution in [2.75, 3.05) is 26.4 Å². The van der Waals surface area contributed by atoms with Gasteiger partial charge in [0.15, 0.2) is 18.1 Å². The Bertz CT molecular complexity index is 803. The number of amides is 1. The average molecular weight is 371 g/mol. The fraction of sp³-hybridized carbons (Fsp3) is 0.300. The number of ether oxygens (including phenoxy) is 3. The van der Waals surface area contributed by atoms with Gasteiger partial charge in [-0.1, -0.05) is 18.2 Å². The molecule has 0 saturated carbocycles. The third kappa shape index (κ3) is 5.64. The van der Waals surface area contributed by atoms with Crippen LogP contribution in [0.4, 0.5) is 0 Å². The zero-order chi connectivity index (χ0) is 19.1. The Labute approximate surface area is 156 Å². The smallest absolute Gasteiger partial charge is 0.341 e. The van der Waals surface area contributed by atoms with E-state index in [-0.39, 0.29) is 18.9 Å². The van der Waals surface area contributed by atoms with Crippen LogP contribution in [-0.4, -0.2) is 43.3 Å². The SMILES string of the molecule is O=C(O)COc1ccc(CCNC(=O)Cc2ccc3c(c2)OCCO3)cc1. The Morgan fingerprint density at radius 2 is 1.70 bits per heavy atom. The van der Waals surface area contributed by atoms with Gasteiger partial charge in [-0.2, -0.15) is 0 Å². The molecule has 0 atom stereocenters. The second-order valence-corrected chi connectivity index (χ2v) is 6.08. The molecule has 0 aromatic heterocycles. The van der Waals surface area contributed by atoms with Crippen LogP contribution in [0.25, 0.3) is 0 Å². The number of carbonyl (C=O) groups excluding carboxylic acids is 1. The van der Waals surface area contributed by atoms with Crippen LogP contribution >= 0.6 is 0 Å². The molecule has 0 bridgehead atoms. The molecule has 2 N–H and O–H groups in total. The first-order valence-electron chi connectivity index (χ1n) is 8.69. The number of benzene rings is 2. The van der Waals surface area contributed by atoms with Gasteiger partial charge in [0.2, 0.25) is 5.91 Å². The number of hydrogen-bond acceptors (Lipinski definition) is 5. The van der Waals surface area contributed by atoms with E-state index in [4.69, 9.17) is 19.3 Å². The summed E-state index contributed by atoms with van der Waals surface area (Å²) in [5.41, 5.74) is 1.90. The number of carbonyl (C=O) groups is 2. The average Bonchev–Trinajstić information content (AvgIpc) is 2.67. The van der Waals surface area contributed by atoms with E-state index in [1.807, 2.05) is 30.3 Å². The molecule has 3 rings (SSSR count). The number of hydrogen-bond donors (Lipinski definition) is 2. The van der Waals surface area contributed by atoms with Gasteiger partial charge >= 0.3 is 5.97 Å². The molecule has 0 unspecified atom stereocenters. The summed E-state index contributed by atoms with van der Waals surface area (Å²) < 4.78 is 16.1. The molecule has 0 saturated heterocycles. The van der Waals surface area contributed by atoms with E-state index in [0.29, 0.717) is 43.4 Å². The van der Waals surface area contributed by atoms with E-state index in [1.54, 1.807) is 12.1 Å². The van der Waals surface area contributed by atoms with E-state index < -0.39 is 5.97 Å². The number of nitrogens with one attached hydrogen (secondary N) is 1. The highest BCUT2D eigenvalue weighted by Crippen LogP contribution is 2.30. The van der Waals surface area contributed by atoms with E-state index >= 15 is 0 Å². The molecule has 1 amide bonds. The van der Waals surface area contributed by atoms with E-state index in [0.717, 1.165) is 11.1 Å².